The highest BCUT2D eigenvalue weighted by Crippen LogP contribution is 2.27. The predicted molar refractivity (Wildman–Crippen MR) is 97.2 cm³/mol. The minimum Gasteiger partial charge on any atom is -0.436 e. The number of fused-ring (bicyclic) bond motifs is 1. The van der Waals surface area contributed by atoms with Crippen molar-refractivity contribution in [2.45, 2.75) is 6.92 Å². The molecule has 116 valence electrons. The summed E-state index contributed by atoms with van der Waals surface area (Å²) < 4.78 is 6.73. The second kappa shape index (κ2) is 6.47. The van der Waals surface area contributed by atoms with Gasteiger partial charge in [-0.15, -0.1) is 0 Å². The molecule has 3 rings (SSSR count). The minimum atomic E-state index is -0.220. The van der Waals surface area contributed by atoms with E-state index in [-0.39, 0.29) is 11.0 Å². The van der Waals surface area contributed by atoms with Crippen molar-refractivity contribution in [2.24, 2.45) is 0 Å². The Morgan fingerprint density at radius 2 is 2.09 bits per heavy atom. The Morgan fingerprint density at radius 3 is 2.83 bits per heavy atom. The maximum absolute atomic E-state index is 11.0. The van der Waals surface area contributed by atoms with Gasteiger partial charge in [-0.05, 0) is 48.6 Å². The summed E-state index contributed by atoms with van der Waals surface area (Å²) in [7, 11) is 0. The van der Waals surface area contributed by atoms with Crippen LogP contribution in [0.3, 0.4) is 0 Å². The van der Waals surface area contributed by atoms with Crippen molar-refractivity contribution in [1.82, 2.24) is 10.3 Å². The fourth-order valence-corrected chi connectivity index (χ4v) is 2.73. The molecule has 0 spiro atoms. The third-order valence-electron chi connectivity index (χ3n) is 3.01. The number of benzene rings is 2. The number of oxazole rings is 1. The fourth-order valence-electron chi connectivity index (χ4n) is 2.07. The van der Waals surface area contributed by atoms with Gasteiger partial charge in [-0.3, -0.25) is 4.79 Å². The number of halogens is 1. The van der Waals surface area contributed by atoms with E-state index in [1.807, 2.05) is 42.5 Å². The highest BCUT2D eigenvalue weighted by molar-refractivity contribution is 9.10. The van der Waals surface area contributed by atoms with Crippen LogP contribution in [0, 0.1) is 0 Å². The maximum atomic E-state index is 11.0. The summed E-state index contributed by atoms with van der Waals surface area (Å²) in [6.07, 6.45) is 0. The molecule has 0 aliphatic carbocycles. The molecule has 0 unspecified atom stereocenters. The number of nitrogens with one attached hydrogen (secondary N) is 2. The summed E-state index contributed by atoms with van der Waals surface area (Å²) in [5.41, 5.74) is 3.00. The Hall–Kier alpha value is -2.25. The van der Waals surface area contributed by atoms with E-state index in [9.17, 15) is 4.79 Å². The van der Waals surface area contributed by atoms with E-state index in [0.717, 1.165) is 15.7 Å². The molecule has 0 bridgehead atoms. The average Bonchev–Trinajstić information content (AvgIpc) is 2.89. The second-order valence-electron chi connectivity index (χ2n) is 4.85. The standard InChI is InChI=1S/C16H12BrN3O2S/c1-9(21)18-16(23)19-12-5-6-14-13(8-12)20-15(22-14)10-3-2-4-11(17)7-10/h2-8H,1H3,(H2,18,19,21,23). The van der Waals surface area contributed by atoms with Gasteiger partial charge in [0, 0.05) is 22.6 Å². The lowest BCUT2D eigenvalue weighted by atomic mass is 10.2. The Labute approximate surface area is 146 Å². The fraction of sp³-hybridized carbons (Fsp3) is 0.0625. The molecule has 0 aliphatic heterocycles. The van der Waals surface area contributed by atoms with E-state index in [1.54, 1.807) is 0 Å². The Morgan fingerprint density at radius 1 is 1.26 bits per heavy atom. The highest BCUT2D eigenvalue weighted by Gasteiger charge is 2.09. The molecule has 2 N–H and O–H groups in total. The topological polar surface area (TPSA) is 67.2 Å². The van der Waals surface area contributed by atoms with Crippen molar-refractivity contribution in [1.29, 1.82) is 0 Å². The lowest BCUT2D eigenvalue weighted by Gasteiger charge is -2.07. The van der Waals surface area contributed by atoms with Gasteiger partial charge < -0.3 is 15.1 Å². The van der Waals surface area contributed by atoms with Crippen LogP contribution in [-0.2, 0) is 4.79 Å². The first kappa shape index (κ1) is 15.6. The van der Waals surface area contributed by atoms with Crippen molar-refractivity contribution >= 4 is 56.0 Å². The average molecular weight is 390 g/mol. The van der Waals surface area contributed by atoms with Crippen LogP contribution in [0.4, 0.5) is 5.69 Å². The van der Waals surface area contributed by atoms with Crippen LogP contribution in [0.25, 0.3) is 22.6 Å². The molecule has 1 amide bonds. The first-order valence-corrected chi connectivity index (χ1v) is 7.96. The molecule has 0 fully saturated rings. The van der Waals surface area contributed by atoms with Gasteiger partial charge in [0.25, 0.3) is 0 Å². The summed E-state index contributed by atoms with van der Waals surface area (Å²) in [6, 6.07) is 13.2. The van der Waals surface area contributed by atoms with Gasteiger partial charge in [-0.2, -0.15) is 0 Å². The van der Waals surface area contributed by atoms with E-state index in [4.69, 9.17) is 16.6 Å². The van der Waals surface area contributed by atoms with E-state index >= 15 is 0 Å². The van der Waals surface area contributed by atoms with E-state index in [0.29, 0.717) is 17.0 Å². The number of nitrogens with zero attached hydrogens (tertiary/aromatic N) is 1. The van der Waals surface area contributed by atoms with Crippen LogP contribution < -0.4 is 10.6 Å². The number of hydrogen-bond acceptors (Lipinski definition) is 4. The number of carbonyl (C=O) groups excluding carboxylic acids is 1. The zero-order valence-corrected chi connectivity index (χ0v) is 14.5. The number of carbonyl (C=O) groups is 1. The van der Waals surface area contributed by atoms with Crippen LogP contribution >= 0.6 is 28.1 Å². The van der Waals surface area contributed by atoms with Gasteiger partial charge in [0.15, 0.2) is 10.7 Å². The molecule has 1 heterocycles. The zero-order valence-electron chi connectivity index (χ0n) is 12.1. The lowest BCUT2D eigenvalue weighted by Crippen LogP contribution is -2.32. The zero-order chi connectivity index (χ0) is 16.4. The molecule has 3 aromatic rings. The summed E-state index contributed by atoms with van der Waals surface area (Å²) >= 11 is 8.47. The molecule has 0 radical (unpaired) electrons. The third-order valence-corrected chi connectivity index (χ3v) is 3.70. The van der Waals surface area contributed by atoms with Crippen LogP contribution in [0.1, 0.15) is 6.92 Å². The molecule has 1 aromatic heterocycles. The first-order valence-electron chi connectivity index (χ1n) is 6.76. The van der Waals surface area contributed by atoms with Gasteiger partial charge in [-0.25, -0.2) is 4.98 Å². The predicted octanol–water partition coefficient (Wildman–Crippen LogP) is 4.09. The van der Waals surface area contributed by atoms with Crippen molar-refractivity contribution in [2.75, 3.05) is 5.32 Å². The molecule has 0 atom stereocenters. The van der Waals surface area contributed by atoms with Gasteiger partial charge in [0.05, 0.1) is 0 Å². The van der Waals surface area contributed by atoms with Crippen molar-refractivity contribution in [3.63, 3.8) is 0 Å². The van der Waals surface area contributed by atoms with Crippen molar-refractivity contribution in [3.8, 4) is 11.5 Å². The van der Waals surface area contributed by atoms with Gasteiger partial charge >= 0.3 is 0 Å². The third kappa shape index (κ3) is 3.75. The number of aromatic nitrogens is 1. The molecular formula is C16H12BrN3O2S. The summed E-state index contributed by atoms with van der Waals surface area (Å²) in [5, 5.41) is 5.69. The molecule has 23 heavy (non-hydrogen) atoms. The SMILES string of the molecule is CC(=O)NC(=S)Nc1ccc2oc(-c3cccc(Br)c3)nc2c1. The monoisotopic (exact) mass is 389 g/mol. The second-order valence-corrected chi connectivity index (χ2v) is 6.17. The summed E-state index contributed by atoms with van der Waals surface area (Å²) in [4.78, 5) is 15.5. The van der Waals surface area contributed by atoms with E-state index in [1.165, 1.54) is 6.92 Å². The number of amides is 1. The van der Waals surface area contributed by atoms with Crippen LogP contribution in [0.15, 0.2) is 51.4 Å². The smallest absolute Gasteiger partial charge is 0.227 e. The molecule has 0 saturated heterocycles. The number of thiocarbonyl (C=S) groups is 1. The van der Waals surface area contributed by atoms with Crippen LogP contribution in [0.2, 0.25) is 0 Å². The number of hydrogen-bond donors (Lipinski definition) is 2. The molecule has 5 nitrogen and oxygen atoms in total. The van der Waals surface area contributed by atoms with Gasteiger partial charge in [-0.1, -0.05) is 22.0 Å². The lowest BCUT2D eigenvalue weighted by molar-refractivity contribution is -0.117. The van der Waals surface area contributed by atoms with Crippen molar-refractivity contribution < 1.29 is 9.21 Å². The highest BCUT2D eigenvalue weighted by atomic mass is 79.9. The molecule has 0 aliphatic rings. The van der Waals surface area contributed by atoms with Crippen LogP contribution in [-0.4, -0.2) is 16.0 Å². The Kier molecular flexibility index (Phi) is 4.40. The van der Waals surface area contributed by atoms with Gasteiger partial charge in [0.2, 0.25) is 11.8 Å². The quantitative estimate of drug-likeness (QED) is 0.646. The van der Waals surface area contributed by atoms with Gasteiger partial charge in [0.1, 0.15) is 5.52 Å². The summed E-state index contributed by atoms with van der Waals surface area (Å²) in [6.45, 7) is 1.40. The van der Waals surface area contributed by atoms with Crippen molar-refractivity contribution in [3.05, 3.63) is 46.9 Å². The molecule has 7 heteroatoms. The molecule has 0 saturated carbocycles. The summed E-state index contributed by atoms with van der Waals surface area (Å²) in [5.74, 6) is 0.324. The molecule has 2 aromatic carbocycles. The Bertz CT molecular complexity index is 907. The Balaban J connectivity index is 1.89. The van der Waals surface area contributed by atoms with E-state index < -0.39 is 0 Å². The largest absolute Gasteiger partial charge is 0.436 e. The number of rotatable bonds is 2. The van der Waals surface area contributed by atoms with Crippen LogP contribution in [0.5, 0.6) is 0 Å². The number of anilines is 1. The first-order chi connectivity index (χ1) is 11.0. The minimum absolute atomic E-state index is 0.220. The van der Waals surface area contributed by atoms with E-state index in [2.05, 4.69) is 31.5 Å². The maximum Gasteiger partial charge on any atom is 0.227 e. The molecular weight excluding hydrogens is 378 g/mol. The normalized spacial score (nSPS) is 10.5.